The molecular weight excluding hydrogens is 234 g/mol. The monoisotopic (exact) mass is 249 g/mol. The van der Waals surface area contributed by atoms with Crippen LogP contribution in [-0.2, 0) is 6.61 Å². The summed E-state index contributed by atoms with van der Waals surface area (Å²) in [5.74, 6) is 0. The van der Waals surface area contributed by atoms with Crippen LogP contribution in [0.4, 0.5) is 0 Å². The molecular formula is C13H15NO2S. The number of benzene rings is 1. The van der Waals surface area contributed by atoms with Crippen molar-refractivity contribution >= 4 is 11.3 Å². The molecule has 0 fully saturated rings. The van der Waals surface area contributed by atoms with E-state index in [2.05, 4.69) is 31.0 Å². The van der Waals surface area contributed by atoms with E-state index in [9.17, 15) is 5.11 Å². The van der Waals surface area contributed by atoms with Crippen molar-refractivity contribution in [3.63, 3.8) is 0 Å². The Morgan fingerprint density at radius 1 is 1.35 bits per heavy atom. The first-order valence-electron chi connectivity index (χ1n) is 5.38. The Kier molecular flexibility index (Phi) is 3.45. The summed E-state index contributed by atoms with van der Waals surface area (Å²) in [6.07, 6.45) is 0. The first-order chi connectivity index (χ1) is 8.15. The van der Waals surface area contributed by atoms with Gasteiger partial charge in [0.25, 0.3) is 5.19 Å². The van der Waals surface area contributed by atoms with Crippen molar-refractivity contribution in [3.05, 3.63) is 34.2 Å². The quantitative estimate of drug-likeness (QED) is 0.909. The summed E-state index contributed by atoms with van der Waals surface area (Å²) >= 11 is 1.38. The van der Waals surface area contributed by atoms with E-state index in [1.165, 1.54) is 16.9 Å². The third-order valence-electron chi connectivity index (χ3n) is 2.63. The van der Waals surface area contributed by atoms with Gasteiger partial charge in [-0.2, -0.15) is 0 Å². The fourth-order valence-electron chi connectivity index (χ4n) is 1.81. The summed E-state index contributed by atoms with van der Waals surface area (Å²) in [6.45, 7) is 4.10. The van der Waals surface area contributed by atoms with Crippen molar-refractivity contribution in [2.75, 3.05) is 7.11 Å². The summed E-state index contributed by atoms with van der Waals surface area (Å²) in [5.41, 5.74) is 4.26. The number of nitrogens with zero attached hydrogens (tertiary/aromatic N) is 1. The zero-order valence-electron chi connectivity index (χ0n) is 10.2. The summed E-state index contributed by atoms with van der Waals surface area (Å²) in [4.78, 5) is 5.24. The number of aliphatic hydroxyl groups is 1. The zero-order chi connectivity index (χ0) is 12.4. The highest BCUT2D eigenvalue weighted by Gasteiger charge is 2.14. The van der Waals surface area contributed by atoms with Crippen LogP contribution >= 0.6 is 11.3 Å². The van der Waals surface area contributed by atoms with Crippen LogP contribution in [0.3, 0.4) is 0 Å². The topological polar surface area (TPSA) is 42.4 Å². The van der Waals surface area contributed by atoms with E-state index in [4.69, 9.17) is 4.74 Å². The number of aromatic nitrogens is 1. The lowest BCUT2D eigenvalue weighted by molar-refractivity contribution is 0.286. The van der Waals surface area contributed by atoms with Gasteiger partial charge >= 0.3 is 0 Å². The van der Waals surface area contributed by atoms with E-state index in [0.29, 0.717) is 5.19 Å². The summed E-state index contributed by atoms with van der Waals surface area (Å²) in [6, 6.07) is 6.20. The van der Waals surface area contributed by atoms with Crippen LogP contribution in [0.2, 0.25) is 0 Å². The van der Waals surface area contributed by atoms with Gasteiger partial charge in [0.1, 0.15) is 0 Å². The number of hydrogen-bond donors (Lipinski definition) is 1. The Labute approximate surface area is 105 Å². The zero-order valence-corrected chi connectivity index (χ0v) is 11.0. The Bertz CT molecular complexity index is 534. The molecule has 1 aromatic heterocycles. The molecule has 1 heterocycles. The predicted molar refractivity (Wildman–Crippen MR) is 69.5 cm³/mol. The molecule has 90 valence electrons. The van der Waals surface area contributed by atoms with Gasteiger partial charge in [0.2, 0.25) is 0 Å². The molecule has 0 spiro atoms. The normalized spacial score (nSPS) is 10.6. The third-order valence-corrected chi connectivity index (χ3v) is 3.63. The highest BCUT2D eigenvalue weighted by molar-refractivity contribution is 7.13. The highest BCUT2D eigenvalue weighted by Crippen LogP contribution is 2.34. The Morgan fingerprint density at radius 2 is 2.12 bits per heavy atom. The Balaban J connectivity index is 2.55. The minimum absolute atomic E-state index is 0.0102. The second kappa shape index (κ2) is 4.85. The van der Waals surface area contributed by atoms with Gasteiger partial charge in [0.05, 0.1) is 24.3 Å². The average molecular weight is 249 g/mol. The number of hydrogen-bond acceptors (Lipinski definition) is 4. The van der Waals surface area contributed by atoms with Crippen LogP contribution in [0.25, 0.3) is 11.3 Å². The van der Waals surface area contributed by atoms with Gasteiger partial charge in [0.15, 0.2) is 0 Å². The van der Waals surface area contributed by atoms with Gasteiger partial charge in [-0.1, -0.05) is 35.1 Å². The van der Waals surface area contributed by atoms with E-state index in [-0.39, 0.29) is 6.61 Å². The number of aryl methyl sites for hydroxylation is 2. The van der Waals surface area contributed by atoms with Crippen molar-refractivity contribution in [1.82, 2.24) is 4.98 Å². The van der Waals surface area contributed by atoms with Gasteiger partial charge < -0.3 is 9.84 Å². The van der Waals surface area contributed by atoms with Gasteiger partial charge in [-0.15, -0.1) is 0 Å². The lowest BCUT2D eigenvalue weighted by Gasteiger charge is -2.05. The molecule has 0 saturated heterocycles. The molecule has 4 heteroatoms. The molecule has 2 rings (SSSR count). The molecule has 0 aliphatic rings. The lowest BCUT2D eigenvalue weighted by atomic mass is 10.0. The SMILES string of the molecule is COc1nc(-c2ccc(C)cc2C)c(CO)s1. The molecule has 0 aliphatic carbocycles. The van der Waals surface area contributed by atoms with Crippen molar-refractivity contribution in [1.29, 1.82) is 0 Å². The average Bonchev–Trinajstić information content (AvgIpc) is 2.72. The van der Waals surface area contributed by atoms with Crippen molar-refractivity contribution in [3.8, 4) is 16.5 Å². The van der Waals surface area contributed by atoms with Crippen LogP contribution in [-0.4, -0.2) is 17.2 Å². The second-order valence-corrected chi connectivity index (χ2v) is 4.98. The molecule has 1 N–H and O–H groups in total. The fourth-order valence-corrected chi connectivity index (χ4v) is 2.56. The van der Waals surface area contributed by atoms with Crippen molar-refractivity contribution in [2.24, 2.45) is 0 Å². The standard InChI is InChI=1S/C13H15NO2S/c1-8-4-5-10(9(2)6-8)12-11(7-15)17-13(14-12)16-3/h4-6,15H,7H2,1-3H3. The molecule has 0 unspecified atom stereocenters. The Morgan fingerprint density at radius 3 is 2.71 bits per heavy atom. The maximum atomic E-state index is 9.35. The minimum atomic E-state index is -0.0102. The van der Waals surface area contributed by atoms with Crippen LogP contribution in [0.1, 0.15) is 16.0 Å². The number of methoxy groups -OCH3 is 1. The van der Waals surface area contributed by atoms with Crippen LogP contribution in [0.15, 0.2) is 18.2 Å². The third kappa shape index (κ3) is 2.33. The van der Waals surface area contributed by atoms with E-state index in [1.54, 1.807) is 7.11 Å². The van der Waals surface area contributed by atoms with Gasteiger partial charge in [0, 0.05) is 5.56 Å². The summed E-state index contributed by atoms with van der Waals surface area (Å²) in [7, 11) is 1.59. The van der Waals surface area contributed by atoms with Gasteiger partial charge in [-0.05, 0) is 19.4 Å². The summed E-state index contributed by atoms with van der Waals surface area (Å²) in [5, 5.41) is 9.94. The van der Waals surface area contributed by atoms with Crippen LogP contribution in [0.5, 0.6) is 5.19 Å². The number of rotatable bonds is 3. The van der Waals surface area contributed by atoms with Gasteiger partial charge in [-0.25, -0.2) is 4.98 Å². The smallest absolute Gasteiger partial charge is 0.273 e. The van der Waals surface area contributed by atoms with Crippen LogP contribution < -0.4 is 4.74 Å². The first kappa shape index (κ1) is 12.1. The number of thiazole rings is 1. The predicted octanol–water partition coefficient (Wildman–Crippen LogP) is 2.93. The van der Waals surface area contributed by atoms with E-state index in [1.807, 2.05) is 6.07 Å². The molecule has 0 saturated carbocycles. The number of aliphatic hydroxyl groups excluding tert-OH is 1. The maximum Gasteiger partial charge on any atom is 0.273 e. The first-order valence-corrected chi connectivity index (χ1v) is 6.19. The molecule has 0 atom stereocenters. The molecule has 0 amide bonds. The van der Waals surface area contributed by atoms with Crippen molar-refractivity contribution < 1.29 is 9.84 Å². The molecule has 1 aromatic carbocycles. The van der Waals surface area contributed by atoms with E-state index < -0.39 is 0 Å². The van der Waals surface area contributed by atoms with Crippen molar-refractivity contribution in [2.45, 2.75) is 20.5 Å². The molecule has 2 aromatic rings. The van der Waals surface area contributed by atoms with E-state index in [0.717, 1.165) is 21.7 Å². The molecule has 3 nitrogen and oxygen atoms in total. The maximum absolute atomic E-state index is 9.35. The van der Waals surface area contributed by atoms with Crippen LogP contribution in [0, 0.1) is 13.8 Å². The molecule has 0 bridgehead atoms. The van der Waals surface area contributed by atoms with E-state index >= 15 is 0 Å². The second-order valence-electron chi connectivity index (χ2n) is 3.93. The highest BCUT2D eigenvalue weighted by atomic mass is 32.1. The Hall–Kier alpha value is -1.39. The molecule has 17 heavy (non-hydrogen) atoms. The lowest BCUT2D eigenvalue weighted by Crippen LogP contribution is -1.89. The molecule has 0 aliphatic heterocycles. The van der Waals surface area contributed by atoms with Gasteiger partial charge in [-0.3, -0.25) is 0 Å². The molecule has 0 radical (unpaired) electrons. The summed E-state index contributed by atoms with van der Waals surface area (Å²) < 4.78 is 5.12. The largest absolute Gasteiger partial charge is 0.473 e. The minimum Gasteiger partial charge on any atom is -0.473 e. The number of ether oxygens (including phenoxy) is 1. The fraction of sp³-hybridized carbons (Fsp3) is 0.308.